The molecular formula is C31H55BF4O3S. The van der Waals surface area contributed by atoms with E-state index in [1.54, 1.807) is 7.11 Å². The number of benzene rings is 1. The fraction of sp³-hybridized carbons (Fsp3) is 0.774. The van der Waals surface area contributed by atoms with Crippen LogP contribution in [-0.2, 0) is 22.1 Å². The molecule has 9 heteroatoms. The fourth-order valence-electron chi connectivity index (χ4n) is 5.17. The zero-order valence-corrected chi connectivity index (χ0v) is 26.5. The van der Waals surface area contributed by atoms with E-state index in [2.05, 4.69) is 26.5 Å². The smallest absolute Gasteiger partial charge is 0.496 e. The van der Waals surface area contributed by atoms with Crippen LogP contribution >= 0.6 is 0 Å². The van der Waals surface area contributed by atoms with Crippen LogP contribution in [0, 0.1) is 0 Å². The largest absolute Gasteiger partial charge is 0.673 e. The van der Waals surface area contributed by atoms with Crippen LogP contribution in [0.15, 0.2) is 18.2 Å². The van der Waals surface area contributed by atoms with E-state index in [1.807, 2.05) is 25.1 Å². The van der Waals surface area contributed by atoms with Crippen LogP contribution in [0.2, 0.25) is 0 Å². The first-order valence-electron chi connectivity index (χ1n) is 15.5. The van der Waals surface area contributed by atoms with Gasteiger partial charge in [-0.05, 0) is 38.1 Å². The summed E-state index contributed by atoms with van der Waals surface area (Å²) in [4.78, 5) is 12.7. The number of hydrogen-bond acceptors (Lipinski definition) is 3. The van der Waals surface area contributed by atoms with Gasteiger partial charge in [-0.25, -0.2) is 4.79 Å². The van der Waals surface area contributed by atoms with Crippen LogP contribution in [0.25, 0.3) is 0 Å². The molecule has 234 valence electrons. The number of hydrogen-bond donors (Lipinski definition) is 0. The first-order chi connectivity index (χ1) is 19.0. The molecule has 0 amide bonds. The summed E-state index contributed by atoms with van der Waals surface area (Å²) < 4.78 is 49.8. The highest BCUT2D eigenvalue weighted by Crippen LogP contribution is 2.41. The van der Waals surface area contributed by atoms with Crippen molar-refractivity contribution in [1.82, 2.24) is 0 Å². The number of unbranched alkanes of at least 4 members (excludes halogenated alkanes) is 14. The third-order valence-electron chi connectivity index (χ3n) is 7.10. The number of esters is 1. The molecule has 0 spiro atoms. The second-order valence-electron chi connectivity index (χ2n) is 10.6. The van der Waals surface area contributed by atoms with Crippen LogP contribution in [0.3, 0.4) is 0 Å². The van der Waals surface area contributed by atoms with E-state index in [0.29, 0.717) is 12.2 Å². The van der Waals surface area contributed by atoms with E-state index in [4.69, 9.17) is 9.47 Å². The van der Waals surface area contributed by atoms with Crippen molar-refractivity contribution in [2.75, 3.05) is 13.7 Å². The Morgan fingerprint density at radius 1 is 0.750 bits per heavy atom. The zero-order chi connectivity index (χ0) is 30.3. The van der Waals surface area contributed by atoms with Crippen molar-refractivity contribution < 1.29 is 31.5 Å². The Hall–Kier alpha value is -1.38. The zero-order valence-electron chi connectivity index (χ0n) is 25.5. The van der Waals surface area contributed by atoms with E-state index in [9.17, 15) is 22.1 Å². The molecule has 40 heavy (non-hydrogen) atoms. The number of methoxy groups -OCH3 is 1. The average Bonchev–Trinajstić information content (AvgIpc) is 2.89. The Bertz CT molecular complexity index is 773. The lowest BCUT2D eigenvalue weighted by Gasteiger charge is -2.27. The van der Waals surface area contributed by atoms with Gasteiger partial charge < -0.3 is 26.7 Å². The van der Waals surface area contributed by atoms with Gasteiger partial charge in [0.1, 0.15) is 5.75 Å². The highest BCUT2D eigenvalue weighted by Gasteiger charge is 2.39. The molecular weight excluding hydrogens is 539 g/mol. The summed E-state index contributed by atoms with van der Waals surface area (Å²) in [6.07, 6.45) is 23.4. The normalized spacial score (nSPS) is 12.8. The molecule has 3 nitrogen and oxygen atoms in total. The monoisotopic (exact) mass is 594 g/mol. The molecule has 0 N–H and O–H groups in total. The summed E-state index contributed by atoms with van der Waals surface area (Å²) in [5.74, 6) is 0.497. The van der Waals surface area contributed by atoms with Crippen molar-refractivity contribution in [3.63, 3.8) is 0 Å². The summed E-state index contributed by atoms with van der Waals surface area (Å²) in [6, 6.07) is 5.70. The quantitative estimate of drug-likeness (QED) is 0.0441. The van der Waals surface area contributed by atoms with Gasteiger partial charge in [0.05, 0.1) is 24.8 Å². The molecule has 1 rings (SSSR count). The SMILES string of the molecule is CCCCCCCCCCCCCCCCCC([SH2+])(CCC)c1c(OC)cccc1C(=O)OCC.F[B-](F)(F)F. The topological polar surface area (TPSA) is 35.5 Å². The Labute approximate surface area is 247 Å². The molecule has 0 heterocycles. The highest BCUT2D eigenvalue weighted by molar-refractivity contribution is 7.60. The summed E-state index contributed by atoms with van der Waals surface area (Å²) in [5.41, 5.74) is 1.57. The first kappa shape index (κ1) is 38.6. The molecule has 0 aliphatic rings. The van der Waals surface area contributed by atoms with Crippen molar-refractivity contribution in [1.29, 1.82) is 0 Å². The van der Waals surface area contributed by atoms with Gasteiger partial charge in [-0.3, -0.25) is 0 Å². The Morgan fingerprint density at radius 2 is 1.20 bits per heavy atom. The third kappa shape index (κ3) is 18.9. The lowest BCUT2D eigenvalue weighted by molar-refractivity contribution is 0.0523. The first-order valence-corrected chi connectivity index (χ1v) is 16.0. The summed E-state index contributed by atoms with van der Waals surface area (Å²) >= 11 is 4.13. The maximum Gasteiger partial charge on any atom is 0.673 e. The van der Waals surface area contributed by atoms with Crippen LogP contribution in [-0.4, -0.2) is 26.9 Å². The number of carbonyl (C=O) groups excluding carboxylic acids is 1. The van der Waals surface area contributed by atoms with Crippen molar-refractivity contribution in [3.05, 3.63) is 29.3 Å². The number of carbonyl (C=O) groups is 1. The van der Waals surface area contributed by atoms with E-state index >= 15 is 0 Å². The molecule has 0 aliphatic heterocycles. The average molecular weight is 595 g/mol. The van der Waals surface area contributed by atoms with Gasteiger partial charge in [-0.15, -0.1) is 0 Å². The van der Waals surface area contributed by atoms with Gasteiger partial charge in [0.15, 0.2) is 4.75 Å². The third-order valence-corrected chi connectivity index (χ3v) is 7.85. The van der Waals surface area contributed by atoms with Crippen LogP contribution in [0.4, 0.5) is 17.3 Å². The predicted molar refractivity (Wildman–Crippen MR) is 165 cm³/mol. The highest BCUT2D eigenvalue weighted by atomic mass is 32.1. The predicted octanol–water partition coefficient (Wildman–Crippen LogP) is 10.4. The minimum atomic E-state index is -6.00. The summed E-state index contributed by atoms with van der Waals surface area (Å²) in [7, 11) is -4.32. The molecule has 1 unspecified atom stereocenters. The number of rotatable bonds is 22. The van der Waals surface area contributed by atoms with Crippen molar-refractivity contribution in [2.24, 2.45) is 0 Å². The van der Waals surface area contributed by atoms with Crippen molar-refractivity contribution in [3.8, 4) is 5.75 Å². The molecule has 0 radical (unpaired) electrons. The second-order valence-corrected chi connectivity index (χ2v) is 11.6. The maximum atomic E-state index is 12.7. The fourth-order valence-corrected chi connectivity index (χ4v) is 5.86. The standard InChI is InChI=1S/C31H54O3S.BF4/c1-5-8-9-10-11-12-13-14-15-16-17-18-19-20-21-26-31(35,25-6-2)29-27(30(32)34-7-3)23-22-24-28(29)33-4;2-1(3,4)5/h22-24,35H,5-21,25-26H2,1-4H3;/q;-1/p+1. The molecule has 1 atom stereocenters. The van der Waals surface area contributed by atoms with E-state index < -0.39 is 7.25 Å². The Kier molecular flexibility index (Phi) is 22.4. The van der Waals surface area contributed by atoms with Gasteiger partial charge in [0.2, 0.25) is 0 Å². The lowest BCUT2D eigenvalue weighted by atomic mass is 9.84. The molecule has 1 aromatic rings. The van der Waals surface area contributed by atoms with Crippen LogP contribution < -0.4 is 4.74 Å². The van der Waals surface area contributed by atoms with Crippen molar-refractivity contribution >= 4 is 25.9 Å². The van der Waals surface area contributed by atoms with Gasteiger partial charge in [0.25, 0.3) is 0 Å². The lowest BCUT2D eigenvalue weighted by Crippen LogP contribution is -2.27. The van der Waals surface area contributed by atoms with Gasteiger partial charge >= 0.3 is 13.2 Å². The second kappa shape index (κ2) is 23.2. The van der Waals surface area contributed by atoms with E-state index in [-0.39, 0.29) is 10.7 Å². The minimum Gasteiger partial charge on any atom is -0.496 e. The molecule has 0 saturated carbocycles. The van der Waals surface area contributed by atoms with Gasteiger partial charge in [-0.1, -0.05) is 116 Å². The molecule has 0 saturated heterocycles. The molecule has 0 aliphatic carbocycles. The van der Waals surface area contributed by atoms with Gasteiger partial charge in [-0.2, -0.15) is 0 Å². The number of halogens is 4. The van der Waals surface area contributed by atoms with E-state index in [0.717, 1.165) is 37.0 Å². The molecule has 0 fully saturated rings. The van der Waals surface area contributed by atoms with Crippen molar-refractivity contribution in [2.45, 2.75) is 141 Å². The van der Waals surface area contributed by atoms with E-state index in [1.165, 1.54) is 89.9 Å². The van der Waals surface area contributed by atoms with Gasteiger partial charge in [0, 0.05) is 12.8 Å². The summed E-state index contributed by atoms with van der Waals surface area (Å²) in [6.45, 7) is 6.70. The Balaban J connectivity index is 0.00000277. The Morgan fingerprint density at radius 3 is 1.60 bits per heavy atom. The molecule has 1 aromatic carbocycles. The molecule has 0 bridgehead atoms. The van der Waals surface area contributed by atoms with Crippen LogP contribution in [0.5, 0.6) is 5.75 Å². The minimum absolute atomic E-state index is 0.267. The van der Waals surface area contributed by atoms with Crippen LogP contribution in [0.1, 0.15) is 152 Å². The summed E-state index contributed by atoms with van der Waals surface area (Å²) in [5, 5.41) is 0. The maximum absolute atomic E-state index is 12.7. The number of ether oxygens (including phenoxy) is 2. The molecule has 0 aromatic heterocycles.